The molecule has 0 fully saturated rings. The van der Waals surface area contributed by atoms with Gasteiger partial charge in [0.05, 0.1) is 6.42 Å². The fourth-order valence-electron chi connectivity index (χ4n) is 0.354. The number of nitrogens with two attached hydrogens (primary N) is 1. The number of aliphatic hydroxyl groups excluding tert-OH is 1. The standard InChI is InChI=1S/C4H8O3.C3H7NO2/c5-3-1-2-4(6)7;4-2-1-3(5)6/h5H,1-3H2,(H,6,7);1-2,4H2,(H,5,6). The zero-order valence-corrected chi connectivity index (χ0v) is 7.27. The summed E-state index contributed by atoms with van der Waals surface area (Å²) < 4.78 is 0. The van der Waals surface area contributed by atoms with E-state index in [1.807, 2.05) is 0 Å². The number of carboxylic acid groups (broad SMARTS) is 2. The number of hydrogen-bond acceptors (Lipinski definition) is 4. The second-order valence-electron chi connectivity index (χ2n) is 2.15. The Labute approximate surface area is 76.0 Å². The lowest BCUT2D eigenvalue weighted by Crippen LogP contribution is -2.05. The number of aliphatic carboxylic acids is 2. The Morgan fingerprint density at radius 1 is 1.08 bits per heavy atom. The first-order chi connectivity index (χ1) is 6.04. The van der Waals surface area contributed by atoms with Crippen LogP contribution in [-0.4, -0.2) is 40.4 Å². The van der Waals surface area contributed by atoms with Crippen molar-refractivity contribution in [2.75, 3.05) is 13.2 Å². The van der Waals surface area contributed by atoms with Gasteiger partial charge < -0.3 is 21.1 Å². The van der Waals surface area contributed by atoms with Crippen molar-refractivity contribution in [2.45, 2.75) is 19.3 Å². The molecule has 0 rings (SSSR count). The average Bonchev–Trinajstić information content (AvgIpc) is 2.01. The van der Waals surface area contributed by atoms with Crippen LogP contribution in [-0.2, 0) is 9.59 Å². The van der Waals surface area contributed by atoms with Gasteiger partial charge >= 0.3 is 11.9 Å². The van der Waals surface area contributed by atoms with Gasteiger partial charge in [-0.1, -0.05) is 0 Å². The highest BCUT2D eigenvalue weighted by atomic mass is 16.4. The van der Waals surface area contributed by atoms with Crippen LogP contribution < -0.4 is 5.73 Å². The summed E-state index contributed by atoms with van der Waals surface area (Å²) in [4.78, 5) is 19.2. The van der Waals surface area contributed by atoms with Gasteiger partial charge in [-0.2, -0.15) is 0 Å². The highest BCUT2D eigenvalue weighted by Gasteiger charge is 1.91. The predicted octanol–water partition coefficient (Wildman–Crippen LogP) is -0.737. The molecule has 5 N–H and O–H groups in total. The molecule has 6 heteroatoms. The van der Waals surface area contributed by atoms with Crippen molar-refractivity contribution < 1.29 is 24.9 Å². The Kier molecular flexibility index (Phi) is 12.0. The van der Waals surface area contributed by atoms with E-state index in [0.29, 0.717) is 6.42 Å². The summed E-state index contributed by atoms with van der Waals surface area (Å²) in [6.07, 6.45) is 0.492. The molecule has 13 heavy (non-hydrogen) atoms. The number of carbonyl (C=O) groups is 2. The van der Waals surface area contributed by atoms with Gasteiger partial charge in [0, 0.05) is 19.6 Å². The van der Waals surface area contributed by atoms with Crippen LogP contribution in [0.3, 0.4) is 0 Å². The van der Waals surface area contributed by atoms with Crippen LogP contribution in [0.2, 0.25) is 0 Å². The maximum Gasteiger partial charge on any atom is 0.304 e. The van der Waals surface area contributed by atoms with E-state index < -0.39 is 11.9 Å². The monoisotopic (exact) mass is 193 g/mol. The maximum atomic E-state index is 9.65. The molecule has 0 radical (unpaired) electrons. The molecule has 0 bridgehead atoms. The van der Waals surface area contributed by atoms with Crippen LogP contribution in [0.15, 0.2) is 0 Å². The number of aliphatic hydroxyl groups is 1. The van der Waals surface area contributed by atoms with E-state index in [1.54, 1.807) is 0 Å². The van der Waals surface area contributed by atoms with E-state index in [-0.39, 0.29) is 26.0 Å². The van der Waals surface area contributed by atoms with Crippen molar-refractivity contribution in [1.82, 2.24) is 0 Å². The molecule has 0 saturated heterocycles. The van der Waals surface area contributed by atoms with Gasteiger partial charge in [0.2, 0.25) is 0 Å². The van der Waals surface area contributed by atoms with E-state index >= 15 is 0 Å². The molecule has 0 aliphatic heterocycles. The highest BCUT2D eigenvalue weighted by Crippen LogP contribution is 1.83. The molecule has 0 saturated carbocycles. The Morgan fingerprint density at radius 2 is 1.54 bits per heavy atom. The SMILES string of the molecule is NCCC(=O)O.O=C(O)CCCO. The molecule has 0 amide bonds. The van der Waals surface area contributed by atoms with Crippen molar-refractivity contribution in [3.63, 3.8) is 0 Å². The average molecular weight is 193 g/mol. The molecule has 0 atom stereocenters. The molecule has 0 aromatic rings. The van der Waals surface area contributed by atoms with Crippen LogP contribution >= 0.6 is 0 Å². The fourth-order valence-corrected chi connectivity index (χ4v) is 0.354. The molecule has 0 heterocycles. The Hall–Kier alpha value is -1.14. The summed E-state index contributed by atoms with van der Waals surface area (Å²) in [5.41, 5.74) is 4.85. The molecule has 0 aliphatic carbocycles. The van der Waals surface area contributed by atoms with E-state index in [4.69, 9.17) is 21.1 Å². The predicted molar refractivity (Wildman–Crippen MR) is 45.3 cm³/mol. The number of hydrogen-bond donors (Lipinski definition) is 4. The molecule has 78 valence electrons. The zero-order chi connectivity index (χ0) is 10.7. The van der Waals surface area contributed by atoms with Gasteiger partial charge in [0.25, 0.3) is 0 Å². The molecule has 0 aromatic heterocycles. The lowest BCUT2D eigenvalue weighted by atomic mass is 10.3. The minimum Gasteiger partial charge on any atom is -0.481 e. The van der Waals surface area contributed by atoms with Crippen molar-refractivity contribution in [3.8, 4) is 0 Å². The first-order valence-corrected chi connectivity index (χ1v) is 3.79. The maximum absolute atomic E-state index is 9.65. The summed E-state index contributed by atoms with van der Waals surface area (Å²) in [6, 6.07) is 0. The summed E-state index contributed by atoms with van der Waals surface area (Å²) in [7, 11) is 0. The van der Waals surface area contributed by atoms with Crippen molar-refractivity contribution in [3.05, 3.63) is 0 Å². The summed E-state index contributed by atoms with van der Waals surface area (Å²) in [5, 5.41) is 23.8. The van der Waals surface area contributed by atoms with Gasteiger partial charge in [-0.3, -0.25) is 9.59 Å². The third-order valence-corrected chi connectivity index (χ3v) is 0.907. The molecule has 0 aromatic carbocycles. The molecule has 0 spiro atoms. The van der Waals surface area contributed by atoms with Crippen molar-refractivity contribution in [1.29, 1.82) is 0 Å². The molecule has 0 aliphatic rings. The summed E-state index contributed by atoms with van der Waals surface area (Å²) >= 11 is 0. The second kappa shape index (κ2) is 10.9. The van der Waals surface area contributed by atoms with Crippen LogP contribution in [0.4, 0.5) is 0 Å². The van der Waals surface area contributed by atoms with Gasteiger partial charge in [0.1, 0.15) is 0 Å². The smallest absolute Gasteiger partial charge is 0.304 e. The van der Waals surface area contributed by atoms with Crippen LogP contribution in [0.1, 0.15) is 19.3 Å². The van der Waals surface area contributed by atoms with Gasteiger partial charge in [0.15, 0.2) is 0 Å². The first kappa shape index (κ1) is 14.4. The van der Waals surface area contributed by atoms with Crippen LogP contribution in [0.25, 0.3) is 0 Å². The Balaban J connectivity index is 0. The largest absolute Gasteiger partial charge is 0.481 e. The van der Waals surface area contributed by atoms with Crippen LogP contribution in [0, 0.1) is 0 Å². The third kappa shape index (κ3) is 24.8. The van der Waals surface area contributed by atoms with Crippen LogP contribution in [0.5, 0.6) is 0 Å². The number of rotatable bonds is 5. The summed E-state index contributed by atoms with van der Waals surface area (Å²) in [6.45, 7) is 0.196. The third-order valence-electron chi connectivity index (χ3n) is 0.907. The first-order valence-electron chi connectivity index (χ1n) is 3.79. The molecule has 0 unspecified atom stereocenters. The topological polar surface area (TPSA) is 121 Å². The lowest BCUT2D eigenvalue weighted by Gasteiger charge is -1.85. The number of carboxylic acids is 2. The van der Waals surface area contributed by atoms with Gasteiger partial charge in [-0.05, 0) is 6.42 Å². The highest BCUT2D eigenvalue weighted by molar-refractivity contribution is 5.66. The van der Waals surface area contributed by atoms with E-state index in [2.05, 4.69) is 0 Å². The normalized spacial score (nSPS) is 8.46. The Morgan fingerprint density at radius 3 is 1.62 bits per heavy atom. The van der Waals surface area contributed by atoms with Gasteiger partial charge in [-0.15, -0.1) is 0 Å². The van der Waals surface area contributed by atoms with E-state index in [9.17, 15) is 9.59 Å². The van der Waals surface area contributed by atoms with Gasteiger partial charge in [-0.25, -0.2) is 0 Å². The minimum atomic E-state index is -0.853. The molecular weight excluding hydrogens is 178 g/mol. The minimum absolute atomic E-state index is 0.0354. The molecular formula is C7H15NO5. The quantitative estimate of drug-likeness (QED) is 0.456. The summed E-state index contributed by atoms with van der Waals surface area (Å²) in [5.74, 6) is -1.69. The Bertz CT molecular complexity index is 148. The van der Waals surface area contributed by atoms with Crippen molar-refractivity contribution in [2.24, 2.45) is 5.73 Å². The lowest BCUT2D eigenvalue weighted by molar-refractivity contribution is -0.138. The zero-order valence-electron chi connectivity index (χ0n) is 7.27. The molecule has 6 nitrogen and oxygen atoms in total. The van der Waals surface area contributed by atoms with E-state index in [0.717, 1.165) is 0 Å². The van der Waals surface area contributed by atoms with E-state index in [1.165, 1.54) is 0 Å². The fraction of sp³-hybridized carbons (Fsp3) is 0.714. The second-order valence-corrected chi connectivity index (χ2v) is 2.15. The van der Waals surface area contributed by atoms with Crippen molar-refractivity contribution >= 4 is 11.9 Å².